The van der Waals surface area contributed by atoms with Gasteiger partial charge < -0.3 is 16.4 Å². The van der Waals surface area contributed by atoms with E-state index in [1.807, 2.05) is 32.0 Å². The molecule has 0 saturated heterocycles. The van der Waals surface area contributed by atoms with Gasteiger partial charge in [0, 0.05) is 24.0 Å². The molecular weight excluding hydrogens is 387 g/mol. The Bertz CT molecular complexity index is 1050. The molecule has 0 aliphatic rings. The van der Waals surface area contributed by atoms with Gasteiger partial charge in [0.15, 0.2) is 5.82 Å². The van der Waals surface area contributed by atoms with Gasteiger partial charge in [-0.15, -0.1) is 0 Å². The van der Waals surface area contributed by atoms with Crippen LogP contribution in [0.3, 0.4) is 0 Å². The molecule has 2 heterocycles. The molecule has 0 unspecified atom stereocenters. The van der Waals surface area contributed by atoms with Crippen LogP contribution in [-0.2, 0) is 11.3 Å². The lowest BCUT2D eigenvalue weighted by molar-refractivity contribution is -0.121. The number of amides is 3. The van der Waals surface area contributed by atoms with E-state index in [2.05, 4.69) is 20.7 Å². The van der Waals surface area contributed by atoms with Gasteiger partial charge in [-0.25, -0.2) is 18.9 Å². The maximum atomic E-state index is 14.1. The number of aromatic nitrogens is 3. The monoisotopic (exact) mass is 410 g/mol. The Labute approximate surface area is 173 Å². The molecule has 3 rings (SSSR count). The number of rotatable bonds is 7. The van der Waals surface area contributed by atoms with Gasteiger partial charge in [0.2, 0.25) is 5.91 Å². The molecule has 2 aromatic heterocycles. The Morgan fingerprint density at radius 1 is 1.20 bits per heavy atom. The Kier molecular flexibility index (Phi) is 6.41. The highest BCUT2D eigenvalue weighted by atomic mass is 19.1. The summed E-state index contributed by atoms with van der Waals surface area (Å²) in [5, 5.41) is 9.55. The van der Waals surface area contributed by atoms with Crippen molar-refractivity contribution in [3.05, 3.63) is 77.0 Å². The maximum Gasteiger partial charge on any atom is 0.312 e. The van der Waals surface area contributed by atoms with Crippen molar-refractivity contribution in [1.82, 2.24) is 25.4 Å². The Hall–Kier alpha value is -3.75. The number of carbonyl (C=O) groups is 2. The van der Waals surface area contributed by atoms with Gasteiger partial charge in [-0.1, -0.05) is 24.3 Å². The minimum Gasteiger partial charge on any atom is -0.352 e. The zero-order valence-corrected chi connectivity index (χ0v) is 16.7. The van der Waals surface area contributed by atoms with E-state index in [-0.39, 0.29) is 24.4 Å². The summed E-state index contributed by atoms with van der Waals surface area (Å²) in [4.78, 5) is 28.0. The van der Waals surface area contributed by atoms with Crippen molar-refractivity contribution in [1.29, 1.82) is 0 Å². The minimum absolute atomic E-state index is 0.152. The number of benzene rings is 1. The van der Waals surface area contributed by atoms with Crippen LogP contribution in [0.15, 0.2) is 48.7 Å². The molecule has 0 fully saturated rings. The van der Waals surface area contributed by atoms with E-state index >= 15 is 0 Å². The predicted molar refractivity (Wildman–Crippen MR) is 109 cm³/mol. The van der Waals surface area contributed by atoms with E-state index in [9.17, 15) is 14.0 Å². The van der Waals surface area contributed by atoms with Crippen LogP contribution in [0.2, 0.25) is 0 Å². The fraction of sp³-hybridized carbons (Fsp3) is 0.238. The summed E-state index contributed by atoms with van der Waals surface area (Å²) in [6.07, 6.45) is 1.50. The molecule has 1 aromatic carbocycles. The molecule has 3 amide bonds. The summed E-state index contributed by atoms with van der Waals surface area (Å²) in [6.45, 7) is 4.10. The molecule has 4 N–H and O–H groups in total. The first-order valence-electron chi connectivity index (χ1n) is 9.39. The summed E-state index contributed by atoms with van der Waals surface area (Å²) in [5.74, 6) is -0.200. The van der Waals surface area contributed by atoms with Crippen LogP contribution in [0.1, 0.15) is 35.0 Å². The van der Waals surface area contributed by atoms with Gasteiger partial charge in [-0.2, -0.15) is 5.10 Å². The lowest BCUT2D eigenvalue weighted by atomic mass is 10.0. The third-order valence-corrected chi connectivity index (χ3v) is 4.51. The Morgan fingerprint density at radius 2 is 1.97 bits per heavy atom. The SMILES string of the molecule is Cc1cc(C)n(-c2ccc(CNC(=O)C[C@@H](NC(N)=O)c3ccccc3F)cn2)n1. The number of nitrogens with zero attached hydrogens (tertiary/aromatic N) is 3. The topological polar surface area (TPSA) is 115 Å². The van der Waals surface area contributed by atoms with Gasteiger partial charge >= 0.3 is 6.03 Å². The summed E-state index contributed by atoms with van der Waals surface area (Å²) in [7, 11) is 0. The smallest absolute Gasteiger partial charge is 0.312 e. The number of hydrogen-bond donors (Lipinski definition) is 3. The maximum absolute atomic E-state index is 14.1. The molecule has 0 aliphatic heterocycles. The molecule has 8 nitrogen and oxygen atoms in total. The number of primary amides is 1. The fourth-order valence-corrected chi connectivity index (χ4v) is 3.13. The second kappa shape index (κ2) is 9.17. The highest BCUT2D eigenvalue weighted by Crippen LogP contribution is 2.20. The molecule has 0 radical (unpaired) electrons. The van der Waals surface area contributed by atoms with Gasteiger partial charge in [0.1, 0.15) is 5.82 Å². The summed E-state index contributed by atoms with van der Waals surface area (Å²) < 4.78 is 15.8. The molecule has 1 atom stereocenters. The normalized spacial score (nSPS) is 11.7. The molecular formula is C21H23FN6O2. The largest absolute Gasteiger partial charge is 0.352 e. The molecule has 0 bridgehead atoms. The number of pyridine rings is 1. The van der Waals surface area contributed by atoms with E-state index in [0.29, 0.717) is 5.82 Å². The zero-order chi connectivity index (χ0) is 21.7. The molecule has 9 heteroatoms. The minimum atomic E-state index is -0.866. The molecule has 156 valence electrons. The van der Waals surface area contributed by atoms with Crippen LogP contribution in [0, 0.1) is 19.7 Å². The van der Waals surface area contributed by atoms with Gasteiger partial charge in [0.05, 0.1) is 18.2 Å². The van der Waals surface area contributed by atoms with Crippen molar-refractivity contribution in [2.24, 2.45) is 5.73 Å². The molecule has 0 saturated carbocycles. The third-order valence-electron chi connectivity index (χ3n) is 4.51. The number of nitrogens with one attached hydrogen (secondary N) is 2. The Morgan fingerprint density at radius 3 is 2.57 bits per heavy atom. The molecule has 0 aliphatic carbocycles. The first kappa shape index (κ1) is 21.0. The van der Waals surface area contributed by atoms with Gasteiger partial charge in [-0.3, -0.25) is 4.79 Å². The average Bonchev–Trinajstić information content (AvgIpc) is 3.04. The number of halogens is 1. The van der Waals surface area contributed by atoms with Crippen molar-refractivity contribution in [2.45, 2.75) is 32.9 Å². The first-order chi connectivity index (χ1) is 14.3. The lowest BCUT2D eigenvalue weighted by Gasteiger charge is -2.18. The van der Waals surface area contributed by atoms with Crippen LogP contribution in [0.4, 0.5) is 9.18 Å². The number of hydrogen-bond acceptors (Lipinski definition) is 4. The van der Waals surface area contributed by atoms with E-state index < -0.39 is 17.9 Å². The van der Waals surface area contributed by atoms with E-state index in [0.717, 1.165) is 17.0 Å². The predicted octanol–water partition coefficient (Wildman–Crippen LogP) is 2.44. The first-order valence-corrected chi connectivity index (χ1v) is 9.39. The van der Waals surface area contributed by atoms with Gasteiger partial charge in [0.25, 0.3) is 0 Å². The number of aryl methyl sites for hydroxylation is 2. The molecule has 0 spiro atoms. The standard InChI is InChI=1S/C21H23FN6O2/c1-13-9-14(2)28(27-13)19-8-7-15(11-24-19)12-25-20(29)10-18(26-21(23)30)16-5-3-4-6-17(16)22/h3-9,11,18H,10,12H2,1-2H3,(H,25,29)(H3,23,26,30)/t18-/m1/s1. The highest BCUT2D eigenvalue weighted by Gasteiger charge is 2.20. The van der Waals surface area contributed by atoms with Crippen LogP contribution in [-0.4, -0.2) is 26.7 Å². The van der Waals surface area contributed by atoms with Crippen LogP contribution in [0.25, 0.3) is 5.82 Å². The average molecular weight is 410 g/mol. The van der Waals surface area contributed by atoms with Crippen LogP contribution < -0.4 is 16.4 Å². The van der Waals surface area contributed by atoms with Crippen molar-refractivity contribution in [3.8, 4) is 5.82 Å². The summed E-state index contributed by atoms with van der Waals surface area (Å²) >= 11 is 0. The van der Waals surface area contributed by atoms with Crippen molar-refractivity contribution in [2.75, 3.05) is 0 Å². The lowest BCUT2D eigenvalue weighted by Crippen LogP contribution is -2.37. The number of nitrogens with two attached hydrogens (primary N) is 1. The quantitative estimate of drug-likeness (QED) is 0.555. The number of urea groups is 1. The van der Waals surface area contributed by atoms with Crippen LogP contribution in [0.5, 0.6) is 0 Å². The van der Waals surface area contributed by atoms with Crippen LogP contribution >= 0.6 is 0 Å². The van der Waals surface area contributed by atoms with Gasteiger partial charge in [-0.05, 0) is 37.6 Å². The second-order valence-electron chi connectivity index (χ2n) is 6.93. The summed E-state index contributed by atoms with van der Waals surface area (Å²) in [5.41, 5.74) is 8.04. The highest BCUT2D eigenvalue weighted by molar-refractivity contribution is 5.78. The van der Waals surface area contributed by atoms with Crippen molar-refractivity contribution >= 4 is 11.9 Å². The zero-order valence-electron chi connectivity index (χ0n) is 16.7. The molecule has 3 aromatic rings. The second-order valence-corrected chi connectivity index (χ2v) is 6.93. The van der Waals surface area contributed by atoms with E-state index in [4.69, 9.17) is 5.73 Å². The molecule has 30 heavy (non-hydrogen) atoms. The van der Waals surface area contributed by atoms with Crippen molar-refractivity contribution < 1.29 is 14.0 Å². The fourth-order valence-electron chi connectivity index (χ4n) is 3.13. The van der Waals surface area contributed by atoms with Crippen molar-refractivity contribution in [3.63, 3.8) is 0 Å². The Balaban J connectivity index is 1.62. The van der Waals surface area contributed by atoms with E-state index in [1.165, 1.54) is 18.2 Å². The van der Waals surface area contributed by atoms with E-state index in [1.54, 1.807) is 16.9 Å². The number of carbonyl (C=O) groups excluding carboxylic acids is 2. The third kappa shape index (κ3) is 5.19. The summed E-state index contributed by atoms with van der Waals surface area (Å²) in [6, 6.07) is 9.85.